The van der Waals surface area contributed by atoms with Crippen molar-refractivity contribution in [3.63, 3.8) is 0 Å². The Morgan fingerprint density at radius 2 is 1.93 bits per heavy atom. The van der Waals surface area contributed by atoms with Crippen LogP contribution in [-0.2, 0) is 18.4 Å². The standard InChI is InChI=1S/C18H17N7O2/c1-23-15-7-2-3-8-16(15)24(18(23)27)10-9-17(26)20-13-5-4-6-14(11-13)25-12-19-21-22-25/h2-8,11-12H,9-10H2,1H3,(H,20,26). The Bertz CT molecular complexity index is 1160. The molecule has 9 heteroatoms. The number of tetrazole rings is 1. The lowest BCUT2D eigenvalue weighted by Gasteiger charge is -2.08. The molecular formula is C18H17N7O2. The van der Waals surface area contributed by atoms with Gasteiger partial charge in [-0.15, -0.1) is 5.10 Å². The van der Waals surface area contributed by atoms with Crippen LogP contribution in [0.4, 0.5) is 5.69 Å². The van der Waals surface area contributed by atoms with Gasteiger partial charge in [-0.1, -0.05) is 18.2 Å². The fourth-order valence-electron chi connectivity index (χ4n) is 3.02. The van der Waals surface area contributed by atoms with Crippen LogP contribution in [0.15, 0.2) is 59.7 Å². The fourth-order valence-corrected chi connectivity index (χ4v) is 3.02. The summed E-state index contributed by atoms with van der Waals surface area (Å²) in [6, 6.07) is 14.7. The molecule has 9 nitrogen and oxygen atoms in total. The number of hydrogen-bond donors (Lipinski definition) is 1. The number of anilines is 1. The molecule has 0 aliphatic rings. The van der Waals surface area contributed by atoms with Gasteiger partial charge in [-0.25, -0.2) is 9.48 Å². The van der Waals surface area contributed by atoms with Gasteiger partial charge in [-0.3, -0.25) is 13.9 Å². The van der Waals surface area contributed by atoms with E-state index in [1.807, 2.05) is 36.4 Å². The van der Waals surface area contributed by atoms with Gasteiger partial charge in [0.05, 0.1) is 16.7 Å². The Kier molecular flexibility index (Phi) is 4.25. The summed E-state index contributed by atoms with van der Waals surface area (Å²) in [4.78, 5) is 24.8. The lowest BCUT2D eigenvalue weighted by Crippen LogP contribution is -2.24. The highest BCUT2D eigenvalue weighted by atomic mass is 16.2. The normalized spacial score (nSPS) is 11.0. The average Bonchev–Trinajstić information content (AvgIpc) is 3.30. The minimum absolute atomic E-state index is 0.135. The number of carbonyl (C=O) groups is 1. The second kappa shape index (κ2) is 6.87. The Balaban J connectivity index is 1.48. The minimum Gasteiger partial charge on any atom is -0.326 e. The maximum Gasteiger partial charge on any atom is 0.328 e. The highest BCUT2D eigenvalue weighted by molar-refractivity contribution is 5.91. The fraction of sp³-hybridized carbons (Fsp3) is 0.167. The molecular weight excluding hydrogens is 346 g/mol. The van der Waals surface area contributed by atoms with Crippen LogP contribution in [0.3, 0.4) is 0 Å². The largest absolute Gasteiger partial charge is 0.328 e. The molecule has 2 aromatic heterocycles. The van der Waals surface area contributed by atoms with Crippen LogP contribution in [0.2, 0.25) is 0 Å². The first-order valence-electron chi connectivity index (χ1n) is 8.41. The Morgan fingerprint density at radius 1 is 1.11 bits per heavy atom. The number of benzene rings is 2. The molecule has 0 radical (unpaired) electrons. The second-order valence-corrected chi connectivity index (χ2v) is 6.08. The second-order valence-electron chi connectivity index (χ2n) is 6.08. The summed E-state index contributed by atoms with van der Waals surface area (Å²) >= 11 is 0. The number of aromatic nitrogens is 6. The van der Waals surface area contributed by atoms with E-state index in [1.165, 1.54) is 11.0 Å². The molecule has 2 aromatic carbocycles. The van der Waals surface area contributed by atoms with Crippen LogP contribution in [-0.4, -0.2) is 35.2 Å². The Hall–Kier alpha value is -3.75. The van der Waals surface area contributed by atoms with E-state index < -0.39 is 0 Å². The molecule has 136 valence electrons. The predicted octanol–water partition coefficient (Wildman–Crippen LogP) is 1.34. The van der Waals surface area contributed by atoms with Crippen molar-refractivity contribution in [3.05, 3.63) is 65.3 Å². The van der Waals surface area contributed by atoms with Crippen molar-refractivity contribution in [2.75, 3.05) is 5.32 Å². The lowest BCUT2D eigenvalue weighted by atomic mass is 10.2. The Morgan fingerprint density at radius 3 is 2.70 bits per heavy atom. The number of imidazole rings is 1. The number of amides is 1. The number of aryl methyl sites for hydroxylation is 2. The third kappa shape index (κ3) is 3.22. The van der Waals surface area contributed by atoms with Crippen molar-refractivity contribution in [3.8, 4) is 5.69 Å². The van der Waals surface area contributed by atoms with Gasteiger partial charge in [0, 0.05) is 25.7 Å². The molecule has 4 aromatic rings. The molecule has 27 heavy (non-hydrogen) atoms. The van der Waals surface area contributed by atoms with Gasteiger partial charge in [-0.2, -0.15) is 0 Å². The summed E-state index contributed by atoms with van der Waals surface area (Å²) in [6.07, 6.45) is 1.66. The molecule has 1 N–H and O–H groups in total. The lowest BCUT2D eigenvalue weighted by molar-refractivity contribution is -0.116. The summed E-state index contributed by atoms with van der Waals surface area (Å²) in [7, 11) is 1.73. The zero-order valence-electron chi connectivity index (χ0n) is 14.6. The predicted molar refractivity (Wildman–Crippen MR) is 99.6 cm³/mol. The van der Waals surface area contributed by atoms with Gasteiger partial charge in [-0.05, 0) is 40.8 Å². The van der Waals surface area contributed by atoms with E-state index in [0.29, 0.717) is 12.2 Å². The average molecular weight is 363 g/mol. The van der Waals surface area contributed by atoms with Gasteiger partial charge in [0.25, 0.3) is 0 Å². The summed E-state index contributed by atoms with van der Waals surface area (Å²) in [5.41, 5.74) is 2.90. The summed E-state index contributed by atoms with van der Waals surface area (Å²) in [5, 5.41) is 13.9. The molecule has 0 saturated carbocycles. The summed E-state index contributed by atoms with van der Waals surface area (Å²) in [5.74, 6) is -0.177. The third-order valence-electron chi connectivity index (χ3n) is 4.36. The van der Waals surface area contributed by atoms with E-state index in [1.54, 1.807) is 28.3 Å². The highest BCUT2D eigenvalue weighted by Gasteiger charge is 2.11. The van der Waals surface area contributed by atoms with Crippen LogP contribution >= 0.6 is 0 Å². The van der Waals surface area contributed by atoms with Crippen LogP contribution in [0.1, 0.15) is 6.42 Å². The smallest absolute Gasteiger partial charge is 0.326 e. The van der Waals surface area contributed by atoms with Crippen LogP contribution < -0.4 is 11.0 Å². The number of fused-ring (bicyclic) bond motifs is 1. The van der Waals surface area contributed by atoms with Crippen LogP contribution in [0.25, 0.3) is 16.7 Å². The quantitative estimate of drug-likeness (QED) is 0.577. The number of rotatable bonds is 5. The van der Waals surface area contributed by atoms with Crippen molar-refractivity contribution in [1.29, 1.82) is 0 Å². The van der Waals surface area contributed by atoms with E-state index >= 15 is 0 Å². The molecule has 0 atom stereocenters. The van der Waals surface area contributed by atoms with Crippen molar-refractivity contribution in [1.82, 2.24) is 29.3 Å². The number of nitrogens with one attached hydrogen (secondary N) is 1. The molecule has 2 heterocycles. The maximum atomic E-state index is 12.4. The highest BCUT2D eigenvalue weighted by Crippen LogP contribution is 2.15. The molecule has 0 spiro atoms. The number of para-hydroxylation sites is 2. The minimum atomic E-state index is -0.177. The van der Waals surface area contributed by atoms with Gasteiger partial charge in [0.2, 0.25) is 5.91 Å². The molecule has 0 unspecified atom stereocenters. The molecule has 1 amide bonds. The van der Waals surface area contributed by atoms with Gasteiger partial charge >= 0.3 is 5.69 Å². The van der Waals surface area contributed by atoms with Crippen molar-refractivity contribution < 1.29 is 4.79 Å². The first-order valence-corrected chi connectivity index (χ1v) is 8.41. The Labute approximate surface area is 153 Å². The van der Waals surface area contributed by atoms with Gasteiger partial charge < -0.3 is 5.32 Å². The summed E-state index contributed by atoms with van der Waals surface area (Å²) in [6.45, 7) is 0.304. The first kappa shape index (κ1) is 16.7. The molecule has 4 rings (SSSR count). The molecule has 0 fully saturated rings. The van der Waals surface area contributed by atoms with E-state index in [9.17, 15) is 9.59 Å². The zero-order valence-corrected chi connectivity index (χ0v) is 14.6. The first-order chi connectivity index (χ1) is 13.1. The number of hydrogen-bond acceptors (Lipinski definition) is 5. The van der Waals surface area contributed by atoms with Crippen molar-refractivity contribution in [2.45, 2.75) is 13.0 Å². The van der Waals surface area contributed by atoms with E-state index in [2.05, 4.69) is 20.8 Å². The van der Waals surface area contributed by atoms with E-state index in [0.717, 1.165) is 16.7 Å². The van der Waals surface area contributed by atoms with Crippen molar-refractivity contribution in [2.24, 2.45) is 7.05 Å². The van der Waals surface area contributed by atoms with E-state index in [-0.39, 0.29) is 18.0 Å². The molecule has 0 aliphatic heterocycles. The zero-order chi connectivity index (χ0) is 18.8. The molecule has 0 bridgehead atoms. The maximum absolute atomic E-state index is 12.4. The molecule has 0 saturated heterocycles. The number of nitrogens with zero attached hydrogens (tertiary/aromatic N) is 6. The monoisotopic (exact) mass is 363 g/mol. The van der Waals surface area contributed by atoms with Gasteiger partial charge in [0.1, 0.15) is 6.33 Å². The SMILES string of the molecule is Cn1c(=O)n(CCC(=O)Nc2cccc(-n3cnnn3)c2)c2ccccc21. The topological polar surface area (TPSA) is 99.6 Å². The van der Waals surface area contributed by atoms with Crippen LogP contribution in [0.5, 0.6) is 0 Å². The van der Waals surface area contributed by atoms with E-state index in [4.69, 9.17) is 0 Å². The number of carbonyl (C=O) groups excluding carboxylic acids is 1. The van der Waals surface area contributed by atoms with Gasteiger partial charge in [0.15, 0.2) is 0 Å². The van der Waals surface area contributed by atoms with Crippen molar-refractivity contribution >= 4 is 22.6 Å². The third-order valence-corrected chi connectivity index (χ3v) is 4.36. The summed E-state index contributed by atoms with van der Waals surface area (Å²) < 4.78 is 4.71. The molecule has 0 aliphatic carbocycles. The van der Waals surface area contributed by atoms with Crippen LogP contribution in [0, 0.1) is 0 Å².